The summed E-state index contributed by atoms with van der Waals surface area (Å²) in [6.07, 6.45) is 4.53. The van der Waals surface area contributed by atoms with Gasteiger partial charge < -0.3 is 24.4 Å². The minimum absolute atomic E-state index is 0.116. The Morgan fingerprint density at radius 1 is 1.27 bits per heavy atom. The number of esters is 1. The number of carbonyl (C=O) groups excluding carboxylic acids is 2. The van der Waals surface area contributed by atoms with E-state index >= 15 is 0 Å². The van der Waals surface area contributed by atoms with Crippen molar-refractivity contribution in [3.63, 3.8) is 0 Å². The molecule has 4 rings (SSSR count). The Bertz CT molecular complexity index is 1140. The van der Waals surface area contributed by atoms with E-state index < -0.39 is 63.6 Å². The quantitative estimate of drug-likeness (QED) is 0.264. The Kier molecular flexibility index (Phi) is 8.17. The molecule has 0 unspecified atom stereocenters. The summed E-state index contributed by atoms with van der Waals surface area (Å²) in [7, 11) is 0. The summed E-state index contributed by atoms with van der Waals surface area (Å²) in [6, 6.07) is 0. The lowest BCUT2D eigenvalue weighted by molar-refractivity contribution is -0.373. The Morgan fingerprint density at radius 3 is 2.60 bits per heavy atom. The minimum atomic E-state index is -2.15. The third-order valence-electron chi connectivity index (χ3n) is 10.0. The molecule has 0 spiro atoms. The Labute approximate surface area is 237 Å². The van der Waals surface area contributed by atoms with E-state index in [1.165, 1.54) is 19.9 Å². The van der Waals surface area contributed by atoms with E-state index in [4.69, 9.17) is 14.2 Å². The van der Waals surface area contributed by atoms with Gasteiger partial charge in [0.05, 0.1) is 24.5 Å². The van der Waals surface area contributed by atoms with Crippen LogP contribution in [0, 0.1) is 16.7 Å². The van der Waals surface area contributed by atoms with Crippen LogP contribution in [0.5, 0.6) is 0 Å². The van der Waals surface area contributed by atoms with Gasteiger partial charge in [0.25, 0.3) is 0 Å². The van der Waals surface area contributed by atoms with Crippen LogP contribution in [0.4, 0.5) is 0 Å². The molecule has 2 saturated carbocycles. The van der Waals surface area contributed by atoms with Gasteiger partial charge in [-0.05, 0) is 38.5 Å². The second-order valence-corrected chi connectivity index (χ2v) is 13.3. The van der Waals surface area contributed by atoms with E-state index in [-0.39, 0.29) is 13.0 Å². The van der Waals surface area contributed by atoms with E-state index in [0.29, 0.717) is 18.5 Å². The van der Waals surface area contributed by atoms with Crippen molar-refractivity contribution in [2.24, 2.45) is 16.7 Å². The standard InChI is InChI=1S/C30H47N3O7/c1-9-11-12-15-33-17-20(31-32-33)18-38-22-13-14-26(4,5)24-23(39-19(3)34)25(36)29(8)30(37,28(22,24)7)21(35)16-27(6,10-2)40-29/h10,17,22-25,36-37H,2,9,11-16,18H2,1,3-8H3/t22-,23-,24-,25-,27-,28-,29+,30-/m0/s1. The number of aryl methyl sites for hydroxylation is 1. The van der Waals surface area contributed by atoms with E-state index in [2.05, 4.69) is 23.8 Å². The van der Waals surface area contributed by atoms with Crippen LogP contribution >= 0.6 is 0 Å². The molecule has 2 heterocycles. The molecule has 0 radical (unpaired) electrons. The zero-order valence-electron chi connectivity index (χ0n) is 25.1. The van der Waals surface area contributed by atoms with Gasteiger partial charge in [-0.3, -0.25) is 14.3 Å². The number of aliphatic hydroxyl groups excluding tert-OH is 1. The third-order valence-corrected chi connectivity index (χ3v) is 10.0. The van der Waals surface area contributed by atoms with Crippen LogP contribution in [0.3, 0.4) is 0 Å². The number of aromatic nitrogens is 3. The number of rotatable bonds is 9. The van der Waals surface area contributed by atoms with Crippen molar-refractivity contribution in [1.29, 1.82) is 0 Å². The fraction of sp³-hybridized carbons (Fsp3) is 0.800. The number of aliphatic hydroxyl groups is 2. The number of hydrogen-bond donors (Lipinski definition) is 2. The highest BCUT2D eigenvalue weighted by Gasteiger charge is 2.81. The van der Waals surface area contributed by atoms with Gasteiger partial charge in [0.15, 0.2) is 11.4 Å². The number of ether oxygens (including phenoxy) is 3. The molecule has 2 N–H and O–H groups in total. The summed E-state index contributed by atoms with van der Waals surface area (Å²) in [5.74, 6) is -1.64. The van der Waals surface area contributed by atoms with Crippen molar-refractivity contribution in [2.75, 3.05) is 0 Å². The maximum atomic E-state index is 14.1. The smallest absolute Gasteiger partial charge is 0.303 e. The summed E-state index contributed by atoms with van der Waals surface area (Å²) in [6.45, 7) is 17.3. The zero-order valence-corrected chi connectivity index (χ0v) is 25.1. The molecule has 0 amide bonds. The summed E-state index contributed by atoms with van der Waals surface area (Å²) in [4.78, 5) is 26.5. The average molecular weight is 562 g/mol. The van der Waals surface area contributed by atoms with Crippen LogP contribution in [0.25, 0.3) is 0 Å². The molecule has 1 aliphatic heterocycles. The molecule has 0 aromatic carbocycles. The number of fused-ring (bicyclic) bond motifs is 3. The first-order valence-corrected chi connectivity index (χ1v) is 14.5. The van der Waals surface area contributed by atoms with Crippen LogP contribution in [0.1, 0.15) is 92.7 Å². The normalized spacial score (nSPS) is 40.7. The van der Waals surface area contributed by atoms with Crippen molar-refractivity contribution in [1.82, 2.24) is 15.0 Å². The number of Topliss-reactive ketones (excluding diaryl/α,β-unsaturated/α-hetero) is 1. The van der Waals surface area contributed by atoms with E-state index in [1.54, 1.807) is 11.6 Å². The van der Waals surface area contributed by atoms with Crippen molar-refractivity contribution < 1.29 is 34.0 Å². The SMILES string of the molecule is C=C[C@@]1(C)CC(=O)[C@]2(O)[C@@]3(C)[C@@H](OCc4cn(CCCCC)nn4)CCC(C)(C)[C@@H]3[C@H](OC(C)=O)[C@H](O)[C@@]2(C)O1. The van der Waals surface area contributed by atoms with Crippen molar-refractivity contribution in [3.8, 4) is 0 Å². The molecule has 3 aliphatic rings. The number of hydrogen-bond acceptors (Lipinski definition) is 9. The topological polar surface area (TPSA) is 133 Å². The molecule has 0 bridgehead atoms. The molecule has 224 valence electrons. The lowest BCUT2D eigenvalue weighted by Crippen LogP contribution is -2.86. The van der Waals surface area contributed by atoms with E-state index in [0.717, 1.165) is 25.8 Å². The average Bonchev–Trinajstić information content (AvgIpc) is 3.32. The molecule has 1 saturated heterocycles. The Morgan fingerprint density at radius 2 is 1.98 bits per heavy atom. The monoisotopic (exact) mass is 561 g/mol. The van der Waals surface area contributed by atoms with Gasteiger partial charge in [-0.25, -0.2) is 0 Å². The van der Waals surface area contributed by atoms with Crippen LogP contribution < -0.4 is 0 Å². The molecule has 8 atom stereocenters. The van der Waals surface area contributed by atoms with Gasteiger partial charge in [-0.2, -0.15) is 0 Å². The first kappa shape index (κ1) is 30.8. The first-order chi connectivity index (χ1) is 18.6. The molecule has 3 fully saturated rings. The van der Waals surface area contributed by atoms with Gasteiger partial charge >= 0.3 is 5.97 Å². The van der Waals surface area contributed by atoms with Crippen LogP contribution in [0.15, 0.2) is 18.9 Å². The fourth-order valence-corrected chi connectivity index (χ4v) is 8.06. The number of carbonyl (C=O) groups is 2. The van der Waals surface area contributed by atoms with Crippen molar-refractivity contribution >= 4 is 11.8 Å². The second kappa shape index (κ2) is 10.6. The highest BCUT2D eigenvalue weighted by Crippen LogP contribution is 2.67. The highest BCUT2D eigenvalue weighted by atomic mass is 16.6. The van der Waals surface area contributed by atoms with Crippen LogP contribution in [0.2, 0.25) is 0 Å². The first-order valence-electron chi connectivity index (χ1n) is 14.5. The summed E-state index contributed by atoms with van der Waals surface area (Å²) in [5, 5.41) is 33.1. The van der Waals surface area contributed by atoms with Gasteiger partial charge in [-0.1, -0.05) is 51.8 Å². The van der Waals surface area contributed by atoms with E-state index in [9.17, 15) is 19.8 Å². The van der Waals surface area contributed by atoms with Gasteiger partial charge in [0, 0.05) is 31.2 Å². The van der Waals surface area contributed by atoms with Crippen LogP contribution in [-0.4, -0.2) is 72.1 Å². The summed E-state index contributed by atoms with van der Waals surface area (Å²) >= 11 is 0. The molecule has 40 heavy (non-hydrogen) atoms. The van der Waals surface area contributed by atoms with Crippen molar-refractivity contribution in [3.05, 3.63) is 24.5 Å². The van der Waals surface area contributed by atoms with Gasteiger partial charge in [-0.15, -0.1) is 11.7 Å². The minimum Gasteiger partial charge on any atom is -0.459 e. The molecule has 1 aromatic rings. The fourth-order valence-electron chi connectivity index (χ4n) is 8.06. The third kappa shape index (κ3) is 4.64. The lowest BCUT2D eigenvalue weighted by atomic mass is 9.39. The summed E-state index contributed by atoms with van der Waals surface area (Å²) < 4.78 is 20.6. The van der Waals surface area contributed by atoms with Crippen LogP contribution in [-0.2, 0) is 37.0 Å². The highest BCUT2D eigenvalue weighted by molar-refractivity contribution is 5.92. The predicted octanol–water partition coefficient (Wildman–Crippen LogP) is 3.53. The second-order valence-electron chi connectivity index (χ2n) is 13.3. The zero-order chi connectivity index (χ0) is 29.7. The molecule has 1 aromatic heterocycles. The molecule has 10 nitrogen and oxygen atoms in total. The van der Waals surface area contributed by atoms with Gasteiger partial charge in [0.2, 0.25) is 0 Å². The Hall–Kier alpha value is -2.14. The molecular formula is C30H47N3O7. The number of nitrogens with zero attached hydrogens (tertiary/aromatic N) is 3. The van der Waals surface area contributed by atoms with Gasteiger partial charge in [0.1, 0.15) is 23.5 Å². The predicted molar refractivity (Wildman–Crippen MR) is 147 cm³/mol. The Balaban J connectivity index is 1.78. The molecule has 10 heteroatoms. The maximum Gasteiger partial charge on any atom is 0.303 e. The molecule has 2 aliphatic carbocycles. The molecular weight excluding hydrogens is 514 g/mol. The maximum absolute atomic E-state index is 14.1. The van der Waals surface area contributed by atoms with Crippen molar-refractivity contribution in [2.45, 2.75) is 135 Å². The number of ketones is 1. The largest absolute Gasteiger partial charge is 0.459 e. The van der Waals surface area contributed by atoms with E-state index in [1.807, 2.05) is 27.0 Å². The lowest BCUT2D eigenvalue weighted by Gasteiger charge is -2.71. The summed E-state index contributed by atoms with van der Waals surface area (Å²) in [5.41, 5.74) is -6.25. The number of unbranched alkanes of at least 4 members (excludes halogenated alkanes) is 2.